The van der Waals surface area contributed by atoms with Crippen LogP contribution in [0.1, 0.15) is 11.4 Å². The highest BCUT2D eigenvalue weighted by Crippen LogP contribution is 2.25. The zero-order valence-corrected chi connectivity index (χ0v) is 14.7. The number of para-hydroxylation sites is 2. The van der Waals surface area contributed by atoms with E-state index in [1.807, 2.05) is 42.5 Å². The van der Waals surface area contributed by atoms with Crippen molar-refractivity contribution in [3.05, 3.63) is 102 Å². The van der Waals surface area contributed by atoms with E-state index < -0.39 is 0 Å². The van der Waals surface area contributed by atoms with Gasteiger partial charge >= 0.3 is 0 Å². The Labute approximate surface area is 157 Å². The molecular weight excluding hydrogens is 332 g/mol. The maximum absolute atomic E-state index is 4.88. The summed E-state index contributed by atoms with van der Waals surface area (Å²) < 4.78 is 2.14. The van der Waals surface area contributed by atoms with Crippen molar-refractivity contribution in [1.29, 1.82) is 0 Å². The number of hydrogen-bond acceptors (Lipinski definition) is 2. The molecule has 0 aliphatic carbocycles. The average Bonchev–Trinajstić information content (AvgIpc) is 3.33. The molecule has 5 rings (SSSR count). The number of fused-ring (bicyclic) bond motifs is 1. The maximum Gasteiger partial charge on any atom is 0.161 e. The lowest BCUT2D eigenvalue weighted by Gasteiger charge is -2.06. The molecule has 4 nitrogen and oxygen atoms in total. The molecule has 2 aromatic heterocycles. The molecule has 4 heteroatoms. The zero-order valence-electron chi connectivity index (χ0n) is 14.7. The lowest BCUT2D eigenvalue weighted by Crippen LogP contribution is -2.02. The summed E-state index contributed by atoms with van der Waals surface area (Å²) in [6, 6.07) is 30.9. The molecular formula is C23H18N4. The van der Waals surface area contributed by atoms with Crippen LogP contribution in [0.5, 0.6) is 0 Å². The fourth-order valence-corrected chi connectivity index (χ4v) is 3.42. The first-order valence-corrected chi connectivity index (χ1v) is 9.00. The predicted octanol–water partition coefficient (Wildman–Crippen LogP) is 5.01. The van der Waals surface area contributed by atoms with Crippen LogP contribution in [0.25, 0.3) is 28.1 Å². The first-order valence-electron chi connectivity index (χ1n) is 9.00. The van der Waals surface area contributed by atoms with Crippen LogP contribution < -0.4 is 0 Å². The number of H-pyrrole nitrogens is 1. The third kappa shape index (κ3) is 2.91. The molecule has 0 amide bonds. The van der Waals surface area contributed by atoms with Crippen LogP contribution in [0, 0.1) is 0 Å². The highest BCUT2D eigenvalue weighted by Gasteiger charge is 2.15. The van der Waals surface area contributed by atoms with Gasteiger partial charge in [-0.1, -0.05) is 72.8 Å². The van der Waals surface area contributed by atoms with Gasteiger partial charge in [0.05, 0.1) is 16.7 Å². The molecule has 0 spiro atoms. The Hall–Kier alpha value is -3.66. The van der Waals surface area contributed by atoms with Gasteiger partial charge in [0.25, 0.3) is 0 Å². The van der Waals surface area contributed by atoms with Crippen LogP contribution in [-0.2, 0) is 6.42 Å². The number of nitrogens with one attached hydrogen (secondary N) is 1. The fourth-order valence-electron chi connectivity index (χ4n) is 3.42. The van der Waals surface area contributed by atoms with Crippen LogP contribution >= 0.6 is 0 Å². The van der Waals surface area contributed by atoms with Crippen LogP contribution in [-0.4, -0.2) is 19.7 Å². The molecule has 0 atom stereocenters. The van der Waals surface area contributed by atoms with E-state index in [1.165, 1.54) is 5.56 Å². The topological polar surface area (TPSA) is 46.5 Å². The minimum absolute atomic E-state index is 0.753. The quantitative estimate of drug-likeness (QED) is 0.495. The summed E-state index contributed by atoms with van der Waals surface area (Å²) in [5.41, 5.74) is 5.38. The number of benzene rings is 3. The highest BCUT2D eigenvalue weighted by atomic mass is 15.2. The van der Waals surface area contributed by atoms with Crippen molar-refractivity contribution in [3.63, 3.8) is 0 Å². The SMILES string of the molecule is c1ccc(Cc2nc3ccccc3n2-c2cc(-c3ccccc3)[nH]n2)cc1. The van der Waals surface area contributed by atoms with Gasteiger partial charge in [-0.15, -0.1) is 0 Å². The number of nitrogens with zero attached hydrogens (tertiary/aromatic N) is 3. The predicted molar refractivity (Wildman–Crippen MR) is 108 cm³/mol. The standard InChI is InChI=1S/C23H18N4/c1-3-9-17(10-4-1)15-22-24-19-13-7-8-14-21(19)27(22)23-16-20(25-26-23)18-11-5-2-6-12-18/h1-14,16H,15H2,(H,25,26). The molecule has 0 saturated heterocycles. The summed E-state index contributed by atoms with van der Waals surface area (Å²) in [6.07, 6.45) is 0.753. The second kappa shape index (κ2) is 6.57. The second-order valence-electron chi connectivity index (χ2n) is 6.52. The van der Waals surface area contributed by atoms with E-state index >= 15 is 0 Å². The number of aromatic amines is 1. The van der Waals surface area contributed by atoms with Gasteiger partial charge < -0.3 is 0 Å². The molecule has 130 valence electrons. The lowest BCUT2D eigenvalue weighted by molar-refractivity contribution is 0.892. The number of aromatic nitrogens is 4. The largest absolute Gasteiger partial charge is 0.279 e. The van der Waals surface area contributed by atoms with Crippen molar-refractivity contribution in [2.75, 3.05) is 0 Å². The Kier molecular flexibility index (Phi) is 3.79. The van der Waals surface area contributed by atoms with Gasteiger partial charge in [-0.05, 0) is 23.3 Å². The molecule has 3 aromatic carbocycles. The maximum atomic E-state index is 4.88. The molecule has 0 aliphatic heterocycles. The molecule has 0 saturated carbocycles. The molecule has 0 bridgehead atoms. The van der Waals surface area contributed by atoms with E-state index in [9.17, 15) is 0 Å². The Bertz CT molecular complexity index is 1190. The molecule has 1 N–H and O–H groups in total. The summed E-state index contributed by atoms with van der Waals surface area (Å²) in [5, 5.41) is 7.75. The summed E-state index contributed by atoms with van der Waals surface area (Å²) in [4.78, 5) is 4.88. The lowest BCUT2D eigenvalue weighted by atomic mass is 10.1. The van der Waals surface area contributed by atoms with E-state index in [4.69, 9.17) is 4.98 Å². The smallest absolute Gasteiger partial charge is 0.161 e. The summed E-state index contributed by atoms with van der Waals surface area (Å²) >= 11 is 0. The van der Waals surface area contributed by atoms with Crippen LogP contribution in [0.15, 0.2) is 91.0 Å². The van der Waals surface area contributed by atoms with E-state index in [0.29, 0.717) is 0 Å². The minimum atomic E-state index is 0.753. The number of rotatable bonds is 4. The molecule has 27 heavy (non-hydrogen) atoms. The van der Waals surface area contributed by atoms with Crippen LogP contribution in [0.4, 0.5) is 0 Å². The Morgan fingerprint density at radius 1 is 0.778 bits per heavy atom. The molecule has 0 fully saturated rings. The van der Waals surface area contributed by atoms with Crippen LogP contribution in [0.3, 0.4) is 0 Å². The van der Waals surface area contributed by atoms with E-state index in [-0.39, 0.29) is 0 Å². The van der Waals surface area contributed by atoms with Gasteiger partial charge in [-0.3, -0.25) is 9.67 Å². The van der Waals surface area contributed by atoms with Crippen LogP contribution in [0.2, 0.25) is 0 Å². The van der Waals surface area contributed by atoms with Crippen molar-refractivity contribution in [3.8, 4) is 17.1 Å². The molecule has 5 aromatic rings. The van der Waals surface area contributed by atoms with Gasteiger partial charge in [0.1, 0.15) is 5.82 Å². The zero-order chi connectivity index (χ0) is 18.1. The Balaban J connectivity index is 1.64. The normalized spacial score (nSPS) is 11.1. The second-order valence-corrected chi connectivity index (χ2v) is 6.52. The summed E-state index contributed by atoms with van der Waals surface area (Å²) in [7, 11) is 0. The monoisotopic (exact) mass is 350 g/mol. The van der Waals surface area contributed by atoms with Gasteiger partial charge in [0.2, 0.25) is 0 Å². The van der Waals surface area contributed by atoms with Crippen molar-refractivity contribution >= 4 is 11.0 Å². The highest BCUT2D eigenvalue weighted by molar-refractivity contribution is 5.78. The molecule has 0 aliphatic rings. The fraction of sp³-hybridized carbons (Fsp3) is 0.0435. The van der Waals surface area contributed by atoms with Crippen molar-refractivity contribution in [2.24, 2.45) is 0 Å². The summed E-state index contributed by atoms with van der Waals surface area (Å²) in [6.45, 7) is 0. The molecule has 0 unspecified atom stereocenters. The van der Waals surface area contributed by atoms with Gasteiger partial charge in [0, 0.05) is 12.5 Å². The first-order chi connectivity index (χ1) is 13.4. The van der Waals surface area contributed by atoms with Crippen molar-refractivity contribution in [1.82, 2.24) is 19.7 Å². The van der Waals surface area contributed by atoms with Gasteiger partial charge in [0.15, 0.2) is 5.82 Å². The van der Waals surface area contributed by atoms with Gasteiger partial charge in [-0.2, -0.15) is 5.10 Å². The van der Waals surface area contributed by atoms with E-state index in [2.05, 4.69) is 63.3 Å². The van der Waals surface area contributed by atoms with Crippen molar-refractivity contribution in [2.45, 2.75) is 6.42 Å². The number of hydrogen-bond donors (Lipinski definition) is 1. The average molecular weight is 350 g/mol. The molecule has 2 heterocycles. The first kappa shape index (κ1) is 15.6. The minimum Gasteiger partial charge on any atom is -0.279 e. The van der Waals surface area contributed by atoms with E-state index in [1.54, 1.807) is 0 Å². The van der Waals surface area contributed by atoms with E-state index in [0.717, 1.165) is 40.4 Å². The van der Waals surface area contributed by atoms with Gasteiger partial charge in [-0.25, -0.2) is 4.98 Å². The molecule has 0 radical (unpaired) electrons. The Morgan fingerprint density at radius 2 is 1.48 bits per heavy atom. The third-order valence-electron chi connectivity index (χ3n) is 4.71. The third-order valence-corrected chi connectivity index (χ3v) is 4.71. The Morgan fingerprint density at radius 3 is 2.30 bits per heavy atom. The summed E-state index contributed by atoms with van der Waals surface area (Å²) in [5.74, 6) is 1.84. The number of imidazole rings is 1. The van der Waals surface area contributed by atoms with Crippen molar-refractivity contribution < 1.29 is 0 Å².